The third-order valence-electron chi connectivity index (χ3n) is 5.76. The van der Waals surface area contributed by atoms with Crippen LogP contribution in [0.25, 0.3) is 0 Å². The maximum Gasteiger partial charge on any atom is 0.262 e. The molecular weight excluding hydrogens is 401 g/mol. The fourth-order valence-electron chi connectivity index (χ4n) is 4.05. The fourth-order valence-corrected chi connectivity index (χ4v) is 4.05. The van der Waals surface area contributed by atoms with Gasteiger partial charge in [-0.15, -0.1) is 0 Å². The predicted octanol–water partition coefficient (Wildman–Crippen LogP) is 2.18. The van der Waals surface area contributed by atoms with E-state index in [4.69, 9.17) is 0 Å². The maximum atomic E-state index is 13.1. The summed E-state index contributed by atoms with van der Waals surface area (Å²) in [5.74, 6) is -1.90. The Morgan fingerprint density at radius 2 is 1.39 bits per heavy atom. The van der Waals surface area contributed by atoms with Crippen molar-refractivity contribution in [3.05, 3.63) is 71.0 Å². The quantitative estimate of drug-likeness (QED) is 0.709. The average molecular weight is 423 g/mol. The van der Waals surface area contributed by atoms with Crippen molar-refractivity contribution < 1.29 is 23.6 Å². The van der Waals surface area contributed by atoms with Gasteiger partial charge < -0.3 is 9.80 Å². The number of rotatable bonds is 3. The zero-order valence-electron chi connectivity index (χ0n) is 17.1. The molecule has 2 aromatic carbocycles. The van der Waals surface area contributed by atoms with Crippen molar-refractivity contribution in [2.75, 3.05) is 26.2 Å². The number of imide groups is 1. The molecule has 1 unspecified atom stereocenters. The first-order chi connectivity index (χ1) is 14.9. The van der Waals surface area contributed by atoms with Crippen LogP contribution in [0.2, 0.25) is 0 Å². The lowest BCUT2D eigenvalue weighted by Crippen LogP contribution is -2.50. The number of carbonyl (C=O) groups is 4. The van der Waals surface area contributed by atoms with Crippen LogP contribution >= 0.6 is 0 Å². The van der Waals surface area contributed by atoms with Crippen LogP contribution in [0.1, 0.15) is 44.4 Å². The molecule has 0 aliphatic carbocycles. The fraction of sp³-hybridized carbons (Fsp3) is 0.304. The van der Waals surface area contributed by atoms with Gasteiger partial charge in [0.2, 0.25) is 5.91 Å². The summed E-state index contributed by atoms with van der Waals surface area (Å²) >= 11 is 0. The normalized spacial score (nSPS) is 17.4. The Hall–Kier alpha value is -3.55. The second-order valence-corrected chi connectivity index (χ2v) is 7.68. The van der Waals surface area contributed by atoms with Gasteiger partial charge in [0.05, 0.1) is 11.1 Å². The van der Waals surface area contributed by atoms with Crippen LogP contribution in [0, 0.1) is 5.82 Å². The molecule has 4 amide bonds. The van der Waals surface area contributed by atoms with Gasteiger partial charge in [0.15, 0.2) is 0 Å². The molecule has 2 aliphatic heterocycles. The molecule has 2 aliphatic rings. The second-order valence-electron chi connectivity index (χ2n) is 7.68. The summed E-state index contributed by atoms with van der Waals surface area (Å²) in [6, 6.07) is 10.9. The number of hydrogen-bond acceptors (Lipinski definition) is 4. The molecule has 160 valence electrons. The molecule has 8 heteroatoms. The third kappa shape index (κ3) is 3.81. The van der Waals surface area contributed by atoms with Crippen LogP contribution in [0.5, 0.6) is 0 Å². The van der Waals surface area contributed by atoms with Crippen LogP contribution in [-0.2, 0) is 4.79 Å². The van der Waals surface area contributed by atoms with Gasteiger partial charge in [-0.25, -0.2) is 4.39 Å². The van der Waals surface area contributed by atoms with E-state index in [1.807, 2.05) is 0 Å². The van der Waals surface area contributed by atoms with Crippen molar-refractivity contribution in [1.82, 2.24) is 14.7 Å². The third-order valence-corrected chi connectivity index (χ3v) is 5.76. The molecular formula is C23H22FN3O4. The molecule has 0 N–H and O–H groups in total. The Bertz CT molecular complexity index is 1020. The first-order valence-corrected chi connectivity index (χ1v) is 10.2. The summed E-state index contributed by atoms with van der Waals surface area (Å²) < 4.78 is 13.1. The van der Waals surface area contributed by atoms with Gasteiger partial charge in [-0.05, 0) is 49.7 Å². The van der Waals surface area contributed by atoms with E-state index < -0.39 is 23.7 Å². The lowest BCUT2D eigenvalue weighted by molar-refractivity contribution is -0.134. The van der Waals surface area contributed by atoms with Crippen LogP contribution < -0.4 is 0 Å². The molecule has 4 rings (SSSR count). The van der Waals surface area contributed by atoms with E-state index in [1.165, 1.54) is 24.3 Å². The van der Waals surface area contributed by atoms with E-state index in [9.17, 15) is 23.6 Å². The van der Waals surface area contributed by atoms with Gasteiger partial charge in [-0.2, -0.15) is 0 Å². The van der Waals surface area contributed by atoms with E-state index in [-0.39, 0.29) is 11.8 Å². The minimum Gasteiger partial charge on any atom is -0.339 e. The first kappa shape index (κ1) is 20.7. The number of halogens is 1. The Balaban J connectivity index is 1.43. The second kappa shape index (κ2) is 8.29. The zero-order chi connectivity index (χ0) is 22.1. The molecule has 0 bridgehead atoms. The Morgan fingerprint density at radius 1 is 0.839 bits per heavy atom. The molecule has 1 atom stereocenters. The van der Waals surface area contributed by atoms with Crippen LogP contribution in [-0.4, -0.2) is 70.5 Å². The lowest BCUT2D eigenvalue weighted by Gasteiger charge is -2.28. The van der Waals surface area contributed by atoms with E-state index >= 15 is 0 Å². The molecule has 31 heavy (non-hydrogen) atoms. The van der Waals surface area contributed by atoms with Gasteiger partial charge in [0, 0.05) is 31.7 Å². The molecule has 0 spiro atoms. The Labute approximate surface area is 179 Å². The summed E-state index contributed by atoms with van der Waals surface area (Å²) in [4.78, 5) is 55.4. The number of benzene rings is 2. The van der Waals surface area contributed by atoms with Crippen molar-refractivity contribution in [2.24, 2.45) is 0 Å². The van der Waals surface area contributed by atoms with Crippen LogP contribution in [0.3, 0.4) is 0 Å². The maximum absolute atomic E-state index is 13.1. The molecule has 0 saturated carbocycles. The molecule has 0 radical (unpaired) electrons. The number of hydrogen-bond donors (Lipinski definition) is 0. The SMILES string of the molecule is CC(C(=O)N1CCCN(C(=O)c2ccc(F)cc2)CC1)N1C(=O)c2ccccc2C1=O. The minimum atomic E-state index is -0.938. The van der Waals surface area contributed by atoms with Gasteiger partial charge in [0.1, 0.15) is 11.9 Å². The number of fused-ring (bicyclic) bond motifs is 1. The number of carbonyl (C=O) groups excluding carboxylic acids is 4. The van der Waals surface area contributed by atoms with Crippen molar-refractivity contribution in [3.63, 3.8) is 0 Å². The topological polar surface area (TPSA) is 78.0 Å². The summed E-state index contributed by atoms with van der Waals surface area (Å²) in [7, 11) is 0. The van der Waals surface area contributed by atoms with E-state index in [0.717, 1.165) is 4.90 Å². The van der Waals surface area contributed by atoms with Gasteiger partial charge in [0.25, 0.3) is 17.7 Å². The highest BCUT2D eigenvalue weighted by molar-refractivity contribution is 6.22. The average Bonchev–Trinajstić information content (AvgIpc) is 2.93. The van der Waals surface area contributed by atoms with Crippen molar-refractivity contribution in [1.29, 1.82) is 0 Å². The van der Waals surface area contributed by atoms with Crippen molar-refractivity contribution in [3.8, 4) is 0 Å². The highest BCUT2D eigenvalue weighted by Gasteiger charge is 2.41. The molecule has 2 heterocycles. The van der Waals surface area contributed by atoms with Gasteiger partial charge in [-0.3, -0.25) is 24.1 Å². The van der Waals surface area contributed by atoms with E-state index in [0.29, 0.717) is 49.3 Å². The van der Waals surface area contributed by atoms with Crippen molar-refractivity contribution in [2.45, 2.75) is 19.4 Å². The Morgan fingerprint density at radius 3 is 2.00 bits per heavy atom. The molecule has 1 saturated heterocycles. The first-order valence-electron chi connectivity index (χ1n) is 10.2. The highest BCUT2D eigenvalue weighted by atomic mass is 19.1. The van der Waals surface area contributed by atoms with Crippen LogP contribution in [0.4, 0.5) is 4.39 Å². The molecule has 7 nitrogen and oxygen atoms in total. The summed E-state index contributed by atoms with van der Waals surface area (Å²) in [5, 5.41) is 0. The minimum absolute atomic E-state index is 0.220. The number of nitrogens with zero attached hydrogens (tertiary/aromatic N) is 3. The van der Waals surface area contributed by atoms with Crippen LogP contribution in [0.15, 0.2) is 48.5 Å². The standard InChI is InChI=1S/C23H22FN3O4/c1-15(27-22(30)18-5-2-3-6-19(18)23(27)31)20(28)25-11-4-12-26(14-13-25)21(29)16-7-9-17(24)10-8-16/h2-3,5-10,15H,4,11-14H2,1H3. The van der Waals surface area contributed by atoms with E-state index in [2.05, 4.69) is 0 Å². The smallest absolute Gasteiger partial charge is 0.262 e. The van der Waals surface area contributed by atoms with Gasteiger partial charge in [-0.1, -0.05) is 12.1 Å². The van der Waals surface area contributed by atoms with E-state index in [1.54, 1.807) is 41.0 Å². The largest absolute Gasteiger partial charge is 0.339 e. The number of amides is 4. The zero-order valence-corrected chi connectivity index (χ0v) is 17.1. The Kier molecular flexibility index (Phi) is 5.54. The molecule has 0 aromatic heterocycles. The lowest BCUT2D eigenvalue weighted by atomic mass is 10.1. The summed E-state index contributed by atoms with van der Waals surface area (Å²) in [6.45, 7) is 3.04. The molecule has 1 fully saturated rings. The summed E-state index contributed by atoms with van der Waals surface area (Å²) in [6.07, 6.45) is 0.563. The highest BCUT2D eigenvalue weighted by Crippen LogP contribution is 2.25. The predicted molar refractivity (Wildman–Crippen MR) is 110 cm³/mol. The van der Waals surface area contributed by atoms with Gasteiger partial charge >= 0.3 is 0 Å². The summed E-state index contributed by atoms with van der Waals surface area (Å²) in [5.41, 5.74) is 0.999. The van der Waals surface area contributed by atoms with Crippen molar-refractivity contribution >= 4 is 23.6 Å². The molecule has 2 aromatic rings. The monoisotopic (exact) mass is 423 g/mol.